The van der Waals surface area contributed by atoms with Crippen LogP contribution in [0.1, 0.15) is 18.4 Å². The van der Waals surface area contributed by atoms with Gasteiger partial charge in [-0.25, -0.2) is 17.2 Å². The highest BCUT2D eigenvalue weighted by Crippen LogP contribution is 2.32. The second-order valence-corrected chi connectivity index (χ2v) is 9.76. The molecule has 6 nitrogen and oxygen atoms in total. The molecule has 2 N–H and O–H groups in total. The SMILES string of the molecule is O=S(=O)(c1cccc(F)c1)N1CCC(Oc2cc(CC(O)O)cc3ccc(F)cc23)CC1. The first-order valence-electron chi connectivity index (χ1n) is 10.2. The summed E-state index contributed by atoms with van der Waals surface area (Å²) in [5, 5.41) is 19.9. The Kier molecular flexibility index (Phi) is 6.43. The highest BCUT2D eigenvalue weighted by molar-refractivity contribution is 7.89. The molecule has 3 aromatic carbocycles. The second-order valence-electron chi connectivity index (χ2n) is 7.82. The molecule has 32 heavy (non-hydrogen) atoms. The molecular formula is C23H23F2NO5S. The maximum Gasteiger partial charge on any atom is 0.243 e. The number of aliphatic hydroxyl groups is 2. The van der Waals surface area contributed by atoms with Crippen molar-refractivity contribution in [2.24, 2.45) is 0 Å². The lowest BCUT2D eigenvalue weighted by atomic mass is 10.0. The zero-order chi connectivity index (χ0) is 22.9. The van der Waals surface area contributed by atoms with Crippen molar-refractivity contribution in [1.29, 1.82) is 0 Å². The molecule has 170 valence electrons. The van der Waals surface area contributed by atoms with E-state index < -0.39 is 27.9 Å². The highest BCUT2D eigenvalue weighted by Gasteiger charge is 2.30. The number of sulfonamides is 1. The molecule has 0 radical (unpaired) electrons. The largest absolute Gasteiger partial charge is 0.490 e. The van der Waals surface area contributed by atoms with Crippen molar-refractivity contribution in [2.45, 2.75) is 36.6 Å². The molecule has 0 spiro atoms. The van der Waals surface area contributed by atoms with Crippen LogP contribution in [0.15, 0.2) is 59.5 Å². The zero-order valence-corrected chi connectivity index (χ0v) is 17.9. The first-order chi connectivity index (χ1) is 15.2. The van der Waals surface area contributed by atoms with Crippen molar-refractivity contribution < 1.29 is 32.1 Å². The van der Waals surface area contributed by atoms with Gasteiger partial charge in [-0.3, -0.25) is 0 Å². The Morgan fingerprint density at radius 2 is 1.72 bits per heavy atom. The third-order valence-corrected chi connectivity index (χ3v) is 7.38. The first kappa shape index (κ1) is 22.6. The Hall–Kier alpha value is -2.59. The lowest BCUT2D eigenvalue weighted by molar-refractivity contribution is -0.0381. The van der Waals surface area contributed by atoms with E-state index in [4.69, 9.17) is 4.74 Å². The minimum atomic E-state index is -3.81. The van der Waals surface area contributed by atoms with Crippen molar-refractivity contribution in [3.8, 4) is 5.75 Å². The number of ether oxygens (including phenoxy) is 1. The van der Waals surface area contributed by atoms with Crippen molar-refractivity contribution in [3.05, 3.63) is 71.8 Å². The van der Waals surface area contributed by atoms with Crippen molar-refractivity contribution >= 4 is 20.8 Å². The average molecular weight is 464 g/mol. The molecule has 4 rings (SSSR count). The van der Waals surface area contributed by atoms with Gasteiger partial charge in [-0.05, 0) is 60.2 Å². The van der Waals surface area contributed by atoms with E-state index in [1.165, 1.54) is 34.6 Å². The zero-order valence-electron chi connectivity index (χ0n) is 17.1. The van der Waals surface area contributed by atoms with Crippen LogP contribution in [-0.2, 0) is 16.4 Å². The smallest absolute Gasteiger partial charge is 0.243 e. The first-order valence-corrected chi connectivity index (χ1v) is 11.7. The van der Waals surface area contributed by atoms with Gasteiger partial charge in [0.25, 0.3) is 0 Å². The number of fused-ring (bicyclic) bond motifs is 1. The molecule has 0 unspecified atom stereocenters. The van der Waals surface area contributed by atoms with Gasteiger partial charge < -0.3 is 14.9 Å². The van der Waals surface area contributed by atoms with Crippen LogP contribution in [0.3, 0.4) is 0 Å². The van der Waals surface area contributed by atoms with Crippen LogP contribution in [-0.4, -0.2) is 48.4 Å². The van der Waals surface area contributed by atoms with Gasteiger partial charge in [0.15, 0.2) is 6.29 Å². The molecular weight excluding hydrogens is 440 g/mol. The van der Waals surface area contributed by atoms with Crippen LogP contribution < -0.4 is 4.74 Å². The molecule has 1 fully saturated rings. The molecule has 0 saturated carbocycles. The predicted molar refractivity (Wildman–Crippen MR) is 115 cm³/mol. The topological polar surface area (TPSA) is 87.1 Å². The fourth-order valence-corrected chi connectivity index (χ4v) is 5.43. The third-order valence-electron chi connectivity index (χ3n) is 5.48. The second kappa shape index (κ2) is 9.11. The van der Waals surface area contributed by atoms with Gasteiger partial charge >= 0.3 is 0 Å². The summed E-state index contributed by atoms with van der Waals surface area (Å²) in [6, 6.07) is 12.6. The molecule has 9 heteroatoms. The van der Waals surface area contributed by atoms with Gasteiger partial charge in [0.2, 0.25) is 10.0 Å². The molecule has 1 saturated heterocycles. The number of hydrogen-bond donors (Lipinski definition) is 2. The number of benzene rings is 3. The van der Waals surface area contributed by atoms with E-state index in [0.29, 0.717) is 34.9 Å². The maximum absolute atomic E-state index is 13.8. The summed E-state index contributed by atoms with van der Waals surface area (Å²) >= 11 is 0. The van der Waals surface area contributed by atoms with Gasteiger partial charge in [0.1, 0.15) is 23.5 Å². The van der Waals surface area contributed by atoms with E-state index in [2.05, 4.69) is 0 Å². The molecule has 0 bridgehead atoms. The van der Waals surface area contributed by atoms with Gasteiger partial charge in [-0.1, -0.05) is 18.2 Å². The van der Waals surface area contributed by atoms with Crippen molar-refractivity contribution in [1.82, 2.24) is 4.31 Å². The summed E-state index contributed by atoms with van der Waals surface area (Å²) in [5.74, 6) is -0.631. The van der Waals surface area contributed by atoms with E-state index in [1.807, 2.05) is 0 Å². The minimum absolute atomic E-state index is 0.00595. The Balaban J connectivity index is 1.52. The van der Waals surface area contributed by atoms with Gasteiger partial charge in [-0.15, -0.1) is 0 Å². The van der Waals surface area contributed by atoms with Crippen molar-refractivity contribution in [2.75, 3.05) is 13.1 Å². The monoisotopic (exact) mass is 463 g/mol. The van der Waals surface area contributed by atoms with Crippen molar-refractivity contribution in [3.63, 3.8) is 0 Å². The van der Waals surface area contributed by atoms with Crippen LogP contribution in [0.5, 0.6) is 5.75 Å². The van der Waals surface area contributed by atoms with E-state index in [1.54, 1.807) is 18.2 Å². The third kappa shape index (κ3) is 4.91. The van der Waals surface area contributed by atoms with E-state index in [-0.39, 0.29) is 30.5 Å². The maximum atomic E-state index is 13.8. The van der Waals surface area contributed by atoms with E-state index in [9.17, 15) is 27.4 Å². The van der Waals surface area contributed by atoms with Crippen LogP contribution >= 0.6 is 0 Å². The standard InChI is InChI=1S/C23H23F2NO5S/c24-17-2-1-3-20(13-17)32(29,30)26-8-6-19(7-9-26)31-22-11-15(12-23(27)28)10-16-4-5-18(25)14-21(16)22/h1-5,10-11,13-14,19,23,27-28H,6-9,12H2. The van der Waals surface area contributed by atoms with Crippen LogP contribution in [0.2, 0.25) is 0 Å². The number of piperidine rings is 1. The number of hydrogen-bond acceptors (Lipinski definition) is 5. The summed E-state index contributed by atoms with van der Waals surface area (Å²) in [4.78, 5) is -0.0893. The highest BCUT2D eigenvalue weighted by atomic mass is 32.2. The molecule has 3 aromatic rings. The summed E-state index contributed by atoms with van der Waals surface area (Å²) in [7, 11) is -3.81. The number of aliphatic hydroxyl groups excluding tert-OH is 1. The van der Waals surface area contributed by atoms with Gasteiger partial charge in [0.05, 0.1) is 4.90 Å². The molecule has 1 aliphatic rings. The summed E-state index contributed by atoms with van der Waals surface area (Å²) in [6.07, 6.45) is -1.04. The van der Waals surface area contributed by atoms with Gasteiger partial charge in [0, 0.05) is 24.9 Å². The normalized spacial score (nSPS) is 16.0. The van der Waals surface area contributed by atoms with Crippen LogP contribution in [0.4, 0.5) is 8.78 Å². The number of nitrogens with zero attached hydrogens (tertiary/aromatic N) is 1. The lowest BCUT2D eigenvalue weighted by Crippen LogP contribution is -2.41. The molecule has 0 amide bonds. The summed E-state index contributed by atoms with van der Waals surface area (Å²) in [5.41, 5.74) is 0.625. The lowest BCUT2D eigenvalue weighted by Gasteiger charge is -2.31. The Morgan fingerprint density at radius 1 is 1.00 bits per heavy atom. The Labute approximate surface area is 184 Å². The van der Waals surface area contributed by atoms with Crippen LogP contribution in [0.25, 0.3) is 10.8 Å². The number of halogens is 2. The Morgan fingerprint density at radius 3 is 2.41 bits per heavy atom. The van der Waals surface area contributed by atoms with E-state index >= 15 is 0 Å². The molecule has 1 heterocycles. The summed E-state index contributed by atoms with van der Waals surface area (Å²) in [6.45, 7) is 0.399. The fourth-order valence-electron chi connectivity index (χ4n) is 3.93. The average Bonchev–Trinajstić information content (AvgIpc) is 2.74. The fraction of sp³-hybridized carbons (Fsp3) is 0.304. The molecule has 0 aliphatic carbocycles. The quantitative estimate of drug-likeness (QED) is 0.549. The summed E-state index contributed by atoms with van der Waals surface area (Å²) < 4.78 is 60.3. The Bertz CT molecular complexity index is 1220. The molecule has 0 aromatic heterocycles. The van der Waals surface area contributed by atoms with Crippen LogP contribution in [0, 0.1) is 11.6 Å². The number of rotatable bonds is 6. The minimum Gasteiger partial charge on any atom is -0.490 e. The predicted octanol–water partition coefficient (Wildman–Crippen LogP) is 3.20. The molecule has 1 aliphatic heterocycles. The van der Waals surface area contributed by atoms with Gasteiger partial charge in [-0.2, -0.15) is 4.31 Å². The van der Waals surface area contributed by atoms with E-state index in [0.717, 1.165) is 6.07 Å². The molecule has 0 atom stereocenters.